The molecule has 1 aromatic carbocycles. The zero-order valence-electron chi connectivity index (χ0n) is 11.0. The first-order valence-electron chi connectivity index (χ1n) is 6.75. The third-order valence-electron chi connectivity index (χ3n) is 4.20. The molecule has 1 aliphatic rings. The molecule has 0 radical (unpaired) electrons. The second-order valence-corrected chi connectivity index (χ2v) is 5.38. The summed E-state index contributed by atoms with van der Waals surface area (Å²) in [6.07, 6.45) is 5.31. The van der Waals surface area contributed by atoms with Crippen LogP contribution in [0.15, 0.2) is 24.3 Å². The van der Waals surface area contributed by atoms with Gasteiger partial charge >= 0.3 is 0 Å². The number of hydrogen-bond donors (Lipinski definition) is 2. The monoisotopic (exact) mass is 246 g/mol. The Hall–Kier alpha value is -1.35. The molecule has 0 bridgehead atoms. The van der Waals surface area contributed by atoms with E-state index in [4.69, 9.17) is 5.73 Å². The molecule has 0 atom stereocenters. The van der Waals surface area contributed by atoms with Crippen molar-refractivity contribution in [2.45, 2.75) is 39.2 Å². The minimum atomic E-state index is -0.360. The maximum atomic E-state index is 11.1. The quantitative estimate of drug-likeness (QED) is 0.810. The largest absolute Gasteiger partial charge is 0.366 e. The number of primary amides is 1. The van der Waals surface area contributed by atoms with Crippen LogP contribution in [0.2, 0.25) is 0 Å². The minimum Gasteiger partial charge on any atom is -0.366 e. The van der Waals surface area contributed by atoms with Crippen LogP contribution < -0.4 is 11.1 Å². The number of nitrogens with two attached hydrogens (primary N) is 1. The van der Waals surface area contributed by atoms with Crippen molar-refractivity contribution in [1.82, 2.24) is 5.32 Å². The lowest BCUT2D eigenvalue weighted by molar-refractivity contribution is 0.1000. The van der Waals surface area contributed by atoms with Crippen molar-refractivity contribution in [3.63, 3.8) is 0 Å². The molecule has 0 aliphatic heterocycles. The van der Waals surface area contributed by atoms with Crippen LogP contribution in [0.5, 0.6) is 0 Å². The second kappa shape index (κ2) is 5.53. The number of benzene rings is 1. The number of carbonyl (C=O) groups is 1. The Kier molecular flexibility index (Phi) is 4.02. The predicted molar refractivity (Wildman–Crippen MR) is 73.2 cm³/mol. The molecule has 1 aliphatic carbocycles. The molecule has 0 unspecified atom stereocenters. The summed E-state index contributed by atoms with van der Waals surface area (Å²) in [5, 5.41) is 3.51. The van der Waals surface area contributed by atoms with Crippen LogP contribution in [0.4, 0.5) is 0 Å². The van der Waals surface area contributed by atoms with E-state index in [0.717, 1.165) is 18.7 Å². The molecule has 2 rings (SSSR count). The fraction of sp³-hybridized carbons (Fsp3) is 0.533. The first kappa shape index (κ1) is 13.1. The van der Waals surface area contributed by atoms with E-state index in [1.165, 1.54) is 25.7 Å². The summed E-state index contributed by atoms with van der Waals surface area (Å²) in [5.41, 5.74) is 7.51. The molecule has 3 nitrogen and oxygen atoms in total. The molecule has 1 aromatic rings. The third kappa shape index (κ3) is 2.91. The zero-order valence-corrected chi connectivity index (χ0v) is 11.0. The Labute approximate surface area is 109 Å². The average molecular weight is 246 g/mol. The first-order chi connectivity index (χ1) is 8.65. The smallest absolute Gasteiger partial charge is 0.248 e. The first-order valence-corrected chi connectivity index (χ1v) is 6.75. The lowest BCUT2D eigenvalue weighted by Gasteiger charge is -2.41. The van der Waals surface area contributed by atoms with E-state index >= 15 is 0 Å². The van der Waals surface area contributed by atoms with Gasteiger partial charge in [0, 0.05) is 18.7 Å². The van der Waals surface area contributed by atoms with Gasteiger partial charge in [-0.3, -0.25) is 4.79 Å². The molecule has 0 saturated heterocycles. The Morgan fingerprint density at radius 3 is 2.78 bits per heavy atom. The summed E-state index contributed by atoms with van der Waals surface area (Å²) in [6.45, 7) is 4.15. The molecule has 3 N–H and O–H groups in total. The van der Waals surface area contributed by atoms with Gasteiger partial charge in [0.1, 0.15) is 0 Å². The van der Waals surface area contributed by atoms with Crippen LogP contribution in [0.1, 0.15) is 48.5 Å². The van der Waals surface area contributed by atoms with E-state index in [2.05, 4.69) is 12.2 Å². The minimum absolute atomic E-state index is 0.360. The van der Waals surface area contributed by atoms with E-state index in [9.17, 15) is 4.79 Å². The predicted octanol–water partition coefficient (Wildman–Crippen LogP) is 2.46. The summed E-state index contributed by atoms with van der Waals surface area (Å²) in [7, 11) is 0. The van der Waals surface area contributed by atoms with Crippen molar-refractivity contribution in [3.8, 4) is 0 Å². The van der Waals surface area contributed by atoms with Gasteiger partial charge in [-0.05, 0) is 42.4 Å². The summed E-state index contributed by atoms with van der Waals surface area (Å²) in [5.74, 6) is -0.360. The molecule has 0 heterocycles. The Morgan fingerprint density at radius 2 is 2.22 bits per heavy atom. The highest BCUT2D eigenvalue weighted by Gasteiger charge is 2.34. The van der Waals surface area contributed by atoms with Crippen LogP contribution in [-0.4, -0.2) is 12.5 Å². The molecule has 98 valence electrons. The second-order valence-electron chi connectivity index (χ2n) is 5.38. The van der Waals surface area contributed by atoms with Crippen molar-refractivity contribution in [2.24, 2.45) is 11.1 Å². The molecule has 1 fully saturated rings. The number of nitrogens with one attached hydrogen (secondary N) is 1. The summed E-state index contributed by atoms with van der Waals surface area (Å²) >= 11 is 0. The van der Waals surface area contributed by atoms with Gasteiger partial charge in [0.25, 0.3) is 0 Å². The lowest BCUT2D eigenvalue weighted by atomic mass is 9.67. The van der Waals surface area contributed by atoms with Gasteiger partial charge in [0.2, 0.25) is 5.91 Å². The fourth-order valence-corrected chi connectivity index (χ4v) is 2.64. The van der Waals surface area contributed by atoms with Crippen molar-refractivity contribution in [1.29, 1.82) is 0 Å². The standard InChI is InChI=1S/C15H22N2O/c1-2-15(7-4-8-15)11-17-10-12-5-3-6-13(9-12)14(16)18/h3,5-6,9,17H,2,4,7-8,10-11H2,1H3,(H2,16,18). The summed E-state index contributed by atoms with van der Waals surface area (Å²) < 4.78 is 0. The summed E-state index contributed by atoms with van der Waals surface area (Å²) in [4.78, 5) is 11.1. The third-order valence-corrected chi connectivity index (χ3v) is 4.20. The van der Waals surface area contributed by atoms with Crippen LogP contribution in [0.3, 0.4) is 0 Å². The highest BCUT2D eigenvalue weighted by atomic mass is 16.1. The SMILES string of the molecule is CCC1(CNCc2cccc(C(N)=O)c2)CCC1. The van der Waals surface area contributed by atoms with Gasteiger partial charge in [0.15, 0.2) is 0 Å². The Balaban J connectivity index is 1.86. The number of carbonyl (C=O) groups excluding carboxylic acids is 1. The summed E-state index contributed by atoms with van der Waals surface area (Å²) in [6, 6.07) is 7.54. The number of hydrogen-bond acceptors (Lipinski definition) is 2. The van der Waals surface area contributed by atoms with E-state index in [1.807, 2.05) is 18.2 Å². The van der Waals surface area contributed by atoms with Crippen molar-refractivity contribution in [2.75, 3.05) is 6.54 Å². The molecule has 0 spiro atoms. The highest BCUT2D eigenvalue weighted by Crippen LogP contribution is 2.43. The molecule has 18 heavy (non-hydrogen) atoms. The van der Waals surface area contributed by atoms with Gasteiger partial charge < -0.3 is 11.1 Å². The van der Waals surface area contributed by atoms with Gasteiger partial charge in [-0.1, -0.05) is 25.5 Å². The fourth-order valence-electron chi connectivity index (χ4n) is 2.64. The van der Waals surface area contributed by atoms with E-state index in [0.29, 0.717) is 11.0 Å². The van der Waals surface area contributed by atoms with E-state index in [-0.39, 0.29) is 5.91 Å². The molecule has 1 amide bonds. The van der Waals surface area contributed by atoms with Crippen molar-refractivity contribution < 1.29 is 4.79 Å². The number of amides is 1. The molecule has 0 aromatic heterocycles. The van der Waals surface area contributed by atoms with Crippen LogP contribution in [0, 0.1) is 5.41 Å². The van der Waals surface area contributed by atoms with Gasteiger partial charge in [0.05, 0.1) is 0 Å². The number of rotatable bonds is 6. The van der Waals surface area contributed by atoms with Crippen molar-refractivity contribution >= 4 is 5.91 Å². The van der Waals surface area contributed by atoms with E-state index < -0.39 is 0 Å². The highest BCUT2D eigenvalue weighted by molar-refractivity contribution is 5.92. The maximum Gasteiger partial charge on any atom is 0.248 e. The molecular formula is C15H22N2O. The van der Waals surface area contributed by atoms with Crippen LogP contribution in [-0.2, 0) is 6.54 Å². The Bertz CT molecular complexity index is 419. The van der Waals surface area contributed by atoms with Gasteiger partial charge in [-0.2, -0.15) is 0 Å². The maximum absolute atomic E-state index is 11.1. The van der Waals surface area contributed by atoms with E-state index in [1.54, 1.807) is 6.07 Å². The van der Waals surface area contributed by atoms with Crippen molar-refractivity contribution in [3.05, 3.63) is 35.4 Å². The van der Waals surface area contributed by atoms with Crippen LogP contribution >= 0.6 is 0 Å². The lowest BCUT2D eigenvalue weighted by Crippen LogP contribution is -2.39. The van der Waals surface area contributed by atoms with Gasteiger partial charge in [-0.15, -0.1) is 0 Å². The topological polar surface area (TPSA) is 55.1 Å². The van der Waals surface area contributed by atoms with Crippen LogP contribution in [0.25, 0.3) is 0 Å². The Morgan fingerprint density at radius 1 is 1.44 bits per heavy atom. The normalized spacial score (nSPS) is 17.2. The molecular weight excluding hydrogens is 224 g/mol. The van der Waals surface area contributed by atoms with Gasteiger partial charge in [-0.25, -0.2) is 0 Å². The zero-order chi connectivity index (χ0) is 13.0. The average Bonchev–Trinajstić information content (AvgIpc) is 2.33. The molecule has 1 saturated carbocycles. The molecule has 3 heteroatoms.